The number of nitrogens with one attached hydrogen (secondary N) is 1. The fourth-order valence-electron chi connectivity index (χ4n) is 1.91. The number of halogens is 1. The van der Waals surface area contributed by atoms with Gasteiger partial charge in [0.1, 0.15) is 0 Å². The van der Waals surface area contributed by atoms with E-state index in [1.807, 2.05) is 12.5 Å². The van der Waals surface area contributed by atoms with Gasteiger partial charge >= 0.3 is 0 Å². The Balaban J connectivity index is 1.96. The summed E-state index contributed by atoms with van der Waals surface area (Å²) in [6, 6.07) is 8.75. The zero-order valence-electron chi connectivity index (χ0n) is 10.7. The smallest absolute Gasteiger partial charge is 0.0948 e. The molecule has 0 saturated carbocycles. The molecule has 3 nitrogen and oxygen atoms in total. The lowest BCUT2D eigenvalue weighted by atomic mass is 10.1. The van der Waals surface area contributed by atoms with Crippen molar-refractivity contribution in [3.8, 4) is 0 Å². The third kappa shape index (κ3) is 3.21. The van der Waals surface area contributed by atoms with Crippen LogP contribution >= 0.6 is 15.9 Å². The molecule has 1 aromatic heterocycles. The molecule has 0 aliphatic rings. The Kier molecular flexibility index (Phi) is 4.55. The van der Waals surface area contributed by atoms with Crippen LogP contribution in [0.5, 0.6) is 0 Å². The van der Waals surface area contributed by atoms with E-state index < -0.39 is 0 Å². The van der Waals surface area contributed by atoms with Gasteiger partial charge in [-0.05, 0) is 31.5 Å². The van der Waals surface area contributed by atoms with Gasteiger partial charge < -0.3 is 9.88 Å². The number of imidazole rings is 1. The average Bonchev–Trinajstić information content (AvgIpc) is 2.84. The van der Waals surface area contributed by atoms with Crippen LogP contribution in [0.1, 0.15) is 31.1 Å². The summed E-state index contributed by atoms with van der Waals surface area (Å²) < 4.78 is 3.27. The Bertz CT molecular complexity index is 490. The summed E-state index contributed by atoms with van der Waals surface area (Å²) in [6.07, 6.45) is 3.80. The van der Waals surface area contributed by atoms with Crippen molar-refractivity contribution in [2.75, 3.05) is 0 Å². The van der Waals surface area contributed by atoms with Gasteiger partial charge in [0, 0.05) is 29.8 Å². The summed E-state index contributed by atoms with van der Waals surface area (Å²) in [5.74, 6) is 0. The monoisotopic (exact) mass is 307 g/mol. The van der Waals surface area contributed by atoms with Crippen molar-refractivity contribution in [2.45, 2.75) is 33.0 Å². The topological polar surface area (TPSA) is 29.9 Å². The van der Waals surface area contributed by atoms with E-state index in [2.05, 4.69) is 68.9 Å². The van der Waals surface area contributed by atoms with Gasteiger partial charge in [-0.25, -0.2) is 4.98 Å². The zero-order chi connectivity index (χ0) is 13.0. The second-order valence-electron chi connectivity index (χ2n) is 4.33. The van der Waals surface area contributed by atoms with Crippen molar-refractivity contribution < 1.29 is 0 Å². The van der Waals surface area contributed by atoms with Gasteiger partial charge in [0.05, 0.1) is 12.0 Å². The Labute approximate surface area is 116 Å². The number of rotatable bonds is 5. The van der Waals surface area contributed by atoms with E-state index >= 15 is 0 Å². The molecule has 0 aliphatic heterocycles. The number of aryl methyl sites for hydroxylation is 1. The highest BCUT2D eigenvalue weighted by atomic mass is 79.9. The number of hydrogen-bond acceptors (Lipinski definition) is 2. The van der Waals surface area contributed by atoms with Crippen molar-refractivity contribution in [3.05, 3.63) is 52.5 Å². The van der Waals surface area contributed by atoms with Crippen LogP contribution in [0.3, 0.4) is 0 Å². The second kappa shape index (κ2) is 6.16. The lowest BCUT2D eigenvalue weighted by Gasteiger charge is -2.15. The summed E-state index contributed by atoms with van der Waals surface area (Å²) in [5.41, 5.74) is 2.52. The average molecular weight is 308 g/mol. The largest absolute Gasteiger partial charge is 0.334 e. The lowest BCUT2D eigenvalue weighted by molar-refractivity contribution is 0.549. The normalized spacial score (nSPS) is 12.6. The van der Waals surface area contributed by atoms with E-state index in [0.29, 0.717) is 6.04 Å². The molecule has 0 spiro atoms. The Morgan fingerprint density at radius 1 is 1.33 bits per heavy atom. The number of nitrogens with zero attached hydrogens (tertiary/aromatic N) is 2. The number of benzene rings is 1. The van der Waals surface area contributed by atoms with Crippen molar-refractivity contribution in [1.82, 2.24) is 14.9 Å². The summed E-state index contributed by atoms with van der Waals surface area (Å²) >= 11 is 3.45. The van der Waals surface area contributed by atoms with Crippen molar-refractivity contribution in [2.24, 2.45) is 0 Å². The van der Waals surface area contributed by atoms with Crippen LogP contribution in [0.2, 0.25) is 0 Å². The second-order valence-corrected chi connectivity index (χ2v) is 5.24. The minimum absolute atomic E-state index is 0.332. The predicted molar refractivity (Wildman–Crippen MR) is 77.3 cm³/mol. The maximum atomic E-state index is 4.17. The van der Waals surface area contributed by atoms with Crippen LogP contribution in [0, 0.1) is 0 Å². The molecule has 1 aromatic carbocycles. The van der Waals surface area contributed by atoms with E-state index in [0.717, 1.165) is 17.6 Å². The SMILES string of the molecule is CCn1cncc1CN[C@@H](C)c1ccc(Br)cc1. The molecule has 0 bridgehead atoms. The molecule has 0 amide bonds. The molecule has 0 fully saturated rings. The van der Waals surface area contributed by atoms with E-state index in [1.165, 1.54) is 11.3 Å². The highest BCUT2D eigenvalue weighted by Crippen LogP contribution is 2.16. The fraction of sp³-hybridized carbons (Fsp3) is 0.357. The van der Waals surface area contributed by atoms with Crippen LogP contribution in [0.15, 0.2) is 41.3 Å². The first-order chi connectivity index (χ1) is 8.70. The van der Waals surface area contributed by atoms with Crippen molar-refractivity contribution in [3.63, 3.8) is 0 Å². The van der Waals surface area contributed by atoms with E-state index in [1.54, 1.807) is 0 Å². The zero-order valence-corrected chi connectivity index (χ0v) is 12.3. The standard InChI is InChI=1S/C14H18BrN3/c1-3-18-10-16-8-14(18)9-17-11(2)12-4-6-13(15)7-5-12/h4-8,10-11,17H,3,9H2,1-2H3/t11-/m0/s1. The van der Waals surface area contributed by atoms with Gasteiger partial charge in [-0.2, -0.15) is 0 Å². The van der Waals surface area contributed by atoms with Gasteiger partial charge in [0.25, 0.3) is 0 Å². The highest BCUT2D eigenvalue weighted by molar-refractivity contribution is 9.10. The lowest BCUT2D eigenvalue weighted by Crippen LogP contribution is -2.19. The molecule has 4 heteroatoms. The molecule has 0 aliphatic carbocycles. The maximum absolute atomic E-state index is 4.17. The predicted octanol–water partition coefficient (Wildman–Crippen LogP) is 3.52. The quantitative estimate of drug-likeness (QED) is 0.916. The Morgan fingerprint density at radius 2 is 2.06 bits per heavy atom. The minimum Gasteiger partial charge on any atom is -0.334 e. The third-order valence-electron chi connectivity index (χ3n) is 3.10. The Morgan fingerprint density at radius 3 is 2.72 bits per heavy atom. The number of aromatic nitrogens is 2. The first kappa shape index (κ1) is 13.3. The Hall–Kier alpha value is -1.13. The summed E-state index contributed by atoms with van der Waals surface area (Å²) in [4.78, 5) is 4.17. The van der Waals surface area contributed by atoms with Crippen LogP contribution in [0.4, 0.5) is 0 Å². The summed E-state index contributed by atoms with van der Waals surface area (Å²) in [7, 11) is 0. The molecule has 0 saturated heterocycles. The van der Waals surface area contributed by atoms with Gasteiger partial charge in [-0.15, -0.1) is 0 Å². The molecule has 0 unspecified atom stereocenters. The van der Waals surface area contributed by atoms with Crippen molar-refractivity contribution >= 4 is 15.9 Å². The molecule has 2 aromatic rings. The van der Waals surface area contributed by atoms with Gasteiger partial charge in [0.2, 0.25) is 0 Å². The first-order valence-corrected chi connectivity index (χ1v) is 6.98. The molecule has 1 atom stereocenters. The molecule has 1 heterocycles. The molecular formula is C14H18BrN3. The molecule has 2 rings (SSSR count). The van der Waals surface area contributed by atoms with Crippen LogP contribution in [0.25, 0.3) is 0 Å². The van der Waals surface area contributed by atoms with Gasteiger partial charge in [-0.1, -0.05) is 28.1 Å². The van der Waals surface area contributed by atoms with E-state index in [9.17, 15) is 0 Å². The van der Waals surface area contributed by atoms with Crippen LogP contribution < -0.4 is 5.32 Å². The minimum atomic E-state index is 0.332. The molecule has 96 valence electrons. The molecule has 1 N–H and O–H groups in total. The third-order valence-corrected chi connectivity index (χ3v) is 3.63. The van der Waals surface area contributed by atoms with Crippen LogP contribution in [-0.2, 0) is 13.1 Å². The first-order valence-electron chi connectivity index (χ1n) is 6.18. The van der Waals surface area contributed by atoms with Gasteiger partial charge in [0.15, 0.2) is 0 Å². The summed E-state index contributed by atoms with van der Waals surface area (Å²) in [6.45, 7) is 6.11. The number of hydrogen-bond donors (Lipinski definition) is 1. The van der Waals surface area contributed by atoms with Crippen molar-refractivity contribution in [1.29, 1.82) is 0 Å². The molecular weight excluding hydrogens is 290 g/mol. The van der Waals surface area contributed by atoms with E-state index in [-0.39, 0.29) is 0 Å². The van der Waals surface area contributed by atoms with Gasteiger partial charge in [-0.3, -0.25) is 0 Å². The van der Waals surface area contributed by atoms with E-state index in [4.69, 9.17) is 0 Å². The molecule has 0 radical (unpaired) electrons. The summed E-state index contributed by atoms with van der Waals surface area (Å²) in [5, 5.41) is 3.52. The van der Waals surface area contributed by atoms with Crippen LogP contribution in [-0.4, -0.2) is 9.55 Å². The molecule has 18 heavy (non-hydrogen) atoms. The highest BCUT2D eigenvalue weighted by Gasteiger charge is 2.06. The maximum Gasteiger partial charge on any atom is 0.0948 e. The fourth-order valence-corrected chi connectivity index (χ4v) is 2.17.